The molecular weight excluding hydrogens is 308 g/mol. The lowest BCUT2D eigenvalue weighted by molar-refractivity contribution is -0.286. The van der Waals surface area contributed by atoms with Crippen molar-refractivity contribution >= 4 is 23.2 Å². The van der Waals surface area contributed by atoms with Gasteiger partial charge in [-0.25, -0.2) is 0 Å². The molecule has 1 amide bonds. The third-order valence-electron chi connectivity index (χ3n) is 2.52. The van der Waals surface area contributed by atoms with Gasteiger partial charge in [0.05, 0.1) is 0 Å². The maximum atomic E-state index is 12.9. The monoisotopic (exact) mass is 313 g/mol. The summed E-state index contributed by atoms with van der Waals surface area (Å²) in [4.78, 5) is 11.9. The molecule has 1 aromatic heterocycles. The van der Waals surface area contributed by atoms with Gasteiger partial charge in [0.15, 0.2) is 22.3 Å². The number of nitrogens with zero attached hydrogens (tertiary/aromatic N) is 2. The highest BCUT2D eigenvalue weighted by atomic mass is 35.5. The van der Waals surface area contributed by atoms with E-state index in [1.54, 1.807) is 0 Å². The van der Waals surface area contributed by atoms with Crippen LogP contribution in [-0.2, 0) is 0 Å². The first kappa shape index (κ1) is 13.5. The highest BCUT2D eigenvalue weighted by molar-refractivity contribution is 6.29. The molecule has 0 saturated heterocycles. The minimum Gasteiger partial charge on any atom is -0.395 e. The number of carbonyl (C=O) groups is 1. The Morgan fingerprint density at radius 3 is 2.62 bits per heavy atom. The van der Waals surface area contributed by atoms with E-state index in [0.717, 1.165) is 0 Å². The second kappa shape index (κ2) is 4.81. The van der Waals surface area contributed by atoms with Gasteiger partial charge >= 0.3 is 6.29 Å². The van der Waals surface area contributed by atoms with Crippen LogP contribution in [0.25, 0.3) is 0 Å². The van der Waals surface area contributed by atoms with E-state index in [9.17, 15) is 13.6 Å². The zero-order valence-corrected chi connectivity index (χ0v) is 10.9. The Bertz CT molecular complexity index is 709. The number of hydrogen-bond donors (Lipinski definition) is 1. The first-order valence-corrected chi connectivity index (χ1v) is 6.01. The van der Waals surface area contributed by atoms with Crippen molar-refractivity contribution in [3.63, 3.8) is 0 Å². The number of carbonyl (C=O) groups excluding carboxylic acids is 1. The lowest BCUT2D eigenvalue weighted by Gasteiger charge is -2.05. The molecule has 2 heterocycles. The maximum absolute atomic E-state index is 12.9. The Morgan fingerprint density at radius 1 is 1.14 bits per heavy atom. The summed E-state index contributed by atoms with van der Waals surface area (Å²) in [6.07, 6.45) is -3.70. The summed E-state index contributed by atoms with van der Waals surface area (Å²) in [5, 5.41) is 9.75. The Hall–Kier alpha value is -2.48. The van der Waals surface area contributed by atoms with Crippen LogP contribution in [0.15, 0.2) is 30.3 Å². The number of fused-ring (bicyclic) bond motifs is 1. The van der Waals surface area contributed by atoms with Crippen LogP contribution in [0.3, 0.4) is 0 Å². The zero-order valence-electron chi connectivity index (χ0n) is 10.1. The van der Waals surface area contributed by atoms with Gasteiger partial charge in [0.25, 0.3) is 5.91 Å². The molecule has 0 spiro atoms. The van der Waals surface area contributed by atoms with Gasteiger partial charge in [-0.3, -0.25) is 4.79 Å². The van der Waals surface area contributed by atoms with Crippen molar-refractivity contribution in [1.82, 2.24) is 10.2 Å². The van der Waals surface area contributed by atoms with Crippen LogP contribution in [0, 0.1) is 0 Å². The van der Waals surface area contributed by atoms with Gasteiger partial charge in [-0.1, -0.05) is 11.6 Å². The average Bonchev–Trinajstić information content (AvgIpc) is 2.72. The van der Waals surface area contributed by atoms with Crippen molar-refractivity contribution in [3.8, 4) is 11.5 Å². The molecule has 2 aromatic rings. The minimum absolute atomic E-state index is 0.0300. The van der Waals surface area contributed by atoms with Crippen LogP contribution in [0.1, 0.15) is 10.5 Å². The predicted molar refractivity (Wildman–Crippen MR) is 67.6 cm³/mol. The Labute approximate surface area is 121 Å². The number of rotatable bonds is 2. The van der Waals surface area contributed by atoms with Crippen LogP contribution >= 0.6 is 11.6 Å². The smallest absolute Gasteiger partial charge is 0.395 e. The van der Waals surface area contributed by atoms with E-state index in [2.05, 4.69) is 25.0 Å². The summed E-state index contributed by atoms with van der Waals surface area (Å²) >= 11 is 5.56. The summed E-state index contributed by atoms with van der Waals surface area (Å²) in [5.41, 5.74) is 0.277. The molecule has 0 aliphatic carbocycles. The van der Waals surface area contributed by atoms with Gasteiger partial charge in [0, 0.05) is 11.8 Å². The molecule has 6 nitrogen and oxygen atoms in total. The van der Waals surface area contributed by atoms with Crippen LogP contribution in [0.4, 0.5) is 14.5 Å². The van der Waals surface area contributed by atoms with E-state index in [-0.39, 0.29) is 28.0 Å². The first-order chi connectivity index (χ1) is 9.93. The van der Waals surface area contributed by atoms with E-state index >= 15 is 0 Å². The number of ether oxygens (including phenoxy) is 2. The lowest BCUT2D eigenvalue weighted by Crippen LogP contribution is -2.25. The Morgan fingerprint density at radius 2 is 1.90 bits per heavy atom. The van der Waals surface area contributed by atoms with E-state index in [0.29, 0.717) is 0 Å². The molecule has 108 valence electrons. The van der Waals surface area contributed by atoms with Gasteiger partial charge < -0.3 is 14.8 Å². The van der Waals surface area contributed by atoms with E-state index < -0.39 is 12.2 Å². The Balaban J connectivity index is 1.77. The molecule has 1 aromatic carbocycles. The Kier molecular flexibility index (Phi) is 3.09. The molecule has 0 atom stereocenters. The molecule has 9 heteroatoms. The largest absolute Gasteiger partial charge is 0.586 e. The number of amides is 1. The minimum atomic E-state index is -3.70. The molecule has 3 rings (SSSR count). The third kappa shape index (κ3) is 2.84. The lowest BCUT2D eigenvalue weighted by atomic mass is 10.2. The number of aromatic nitrogens is 2. The average molecular weight is 314 g/mol. The fraction of sp³-hybridized carbons (Fsp3) is 0.0833. The van der Waals surface area contributed by atoms with Crippen molar-refractivity contribution in [3.05, 3.63) is 41.2 Å². The van der Waals surface area contributed by atoms with Crippen LogP contribution in [0.2, 0.25) is 5.15 Å². The van der Waals surface area contributed by atoms with Crippen LogP contribution in [0.5, 0.6) is 11.5 Å². The van der Waals surface area contributed by atoms with E-state index in [1.165, 1.54) is 30.3 Å². The zero-order chi connectivity index (χ0) is 15.0. The second-order valence-electron chi connectivity index (χ2n) is 4.02. The summed E-state index contributed by atoms with van der Waals surface area (Å²) in [7, 11) is 0. The number of nitrogens with one attached hydrogen (secondary N) is 1. The number of anilines is 1. The first-order valence-electron chi connectivity index (χ1n) is 5.63. The topological polar surface area (TPSA) is 73.3 Å². The summed E-state index contributed by atoms with van der Waals surface area (Å²) in [6.45, 7) is 0. The summed E-state index contributed by atoms with van der Waals surface area (Å²) in [5.74, 6) is -0.839. The van der Waals surface area contributed by atoms with Crippen LogP contribution in [-0.4, -0.2) is 22.4 Å². The van der Waals surface area contributed by atoms with Gasteiger partial charge in [-0.05, 0) is 24.3 Å². The molecule has 1 N–H and O–H groups in total. The molecular formula is C12H6ClF2N3O3. The summed E-state index contributed by atoms with van der Waals surface area (Å²) in [6, 6.07) is 6.66. The highest BCUT2D eigenvalue weighted by Crippen LogP contribution is 2.42. The van der Waals surface area contributed by atoms with Gasteiger partial charge in [0.2, 0.25) is 0 Å². The SMILES string of the molecule is O=C(Nc1ccc2c(c1)OC(F)(F)O2)c1ccc(Cl)nn1. The molecule has 21 heavy (non-hydrogen) atoms. The van der Waals surface area contributed by atoms with Crippen molar-refractivity contribution in [1.29, 1.82) is 0 Å². The van der Waals surface area contributed by atoms with Gasteiger partial charge in [0.1, 0.15) is 0 Å². The van der Waals surface area contributed by atoms with Crippen molar-refractivity contribution in [2.24, 2.45) is 0 Å². The van der Waals surface area contributed by atoms with E-state index in [4.69, 9.17) is 11.6 Å². The number of alkyl halides is 2. The van der Waals surface area contributed by atoms with Crippen molar-refractivity contribution < 1.29 is 23.0 Å². The fourth-order valence-corrected chi connectivity index (χ4v) is 1.76. The standard InChI is InChI=1S/C12H6ClF2N3O3/c13-10-4-2-7(17-18-10)11(19)16-6-1-3-8-9(5-6)21-12(14,15)20-8/h1-5H,(H,16,19). The molecule has 0 fully saturated rings. The third-order valence-corrected chi connectivity index (χ3v) is 2.73. The number of halogens is 3. The number of benzene rings is 1. The molecule has 1 aliphatic rings. The van der Waals surface area contributed by atoms with Gasteiger partial charge in [-0.2, -0.15) is 0 Å². The quantitative estimate of drug-likeness (QED) is 0.922. The van der Waals surface area contributed by atoms with E-state index in [1.807, 2.05) is 0 Å². The molecule has 0 bridgehead atoms. The van der Waals surface area contributed by atoms with Crippen LogP contribution < -0.4 is 14.8 Å². The molecule has 1 aliphatic heterocycles. The number of hydrogen-bond acceptors (Lipinski definition) is 5. The molecule has 0 saturated carbocycles. The van der Waals surface area contributed by atoms with Crippen molar-refractivity contribution in [2.45, 2.75) is 6.29 Å². The maximum Gasteiger partial charge on any atom is 0.586 e. The fourth-order valence-electron chi connectivity index (χ4n) is 1.66. The van der Waals surface area contributed by atoms with Crippen molar-refractivity contribution in [2.75, 3.05) is 5.32 Å². The predicted octanol–water partition coefficient (Wildman–Crippen LogP) is 2.70. The van der Waals surface area contributed by atoms with Gasteiger partial charge in [-0.15, -0.1) is 19.0 Å². The summed E-state index contributed by atoms with van der Waals surface area (Å²) < 4.78 is 34.3. The molecule has 0 unspecified atom stereocenters. The highest BCUT2D eigenvalue weighted by Gasteiger charge is 2.43. The second-order valence-corrected chi connectivity index (χ2v) is 4.41. The normalized spacial score (nSPS) is 14.8. The molecule has 0 radical (unpaired) electrons.